The Kier molecular flexibility index (Phi) is 4.50. The number of amides is 1. The van der Waals surface area contributed by atoms with Crippen LogP contribution in [0.4, 0.5) is 0 Å². The Balaban J connectivity index is 1.93. The zero-order valence-electron chi connectivity index (χ0n) is 12.7. The van der Waals surface area contributed by atoms with Crippen LogP contribution in [0.25, 0.3) is 6.08 Å². The zero-order valence-corrected chi connectivity index (χ0v) is 15.1. The van der Waals surface area contributed by atoms with E-state index in [1.165, 1.54) is 16.8 Å². The maximum Gasteiger partial charge on any atom is 0.283 e. The minimum atomic E-state index is -0.394. The van der Waals surface area contributed by atoms with Crippen molar-refractivity contribution in [3.05, 3.63) is 39.9 Å². The molecule has 0 aromatic heterocycles. The van der Waals surface area contributed by atoms with Gasteiger partial charge in [0, 0.05) is 10.9 Å². The van der Waals surface area contributed by atoms with Gasteiger partial charge in [-0.15, -0.1) is 0 Å². The minimum Gasteiger partial charge on any atom is -0.282 e. The molecule has 2 aliphatic rings. The van der Waals surface area contributed by atoms with E-state index in [0.717, 1.165) is 21.5 Å². The van der Waals surface area contributed by atoms with Gasteiger partial charge in [0.05, 0.1) is 5.57 Å². The lowest BCUT2D eigenvalue weighted by Crippen LogP contribution is -2.35. The number of carbonyl (C=O) groups is 1. The van der Waals surface area contributed by atoms with E-state index in [-0.39, 0.29) is 11.4 Å². The van der Waals surface area contributed by atoms with Crippen molar-refractivity contribution in [1.29, 1.82) is 5.41 Å². The van der Waals surface area contributed by atoms with Crippen molar-refractivity contribution in [2.45, 2.75) is 20.3 Å². The summed E-state index contributed by atoms with van der Waals surface area (Å²) in [5, 5.41) is 15.5. The number of halogens is 1. The molecule has 118 valence electrons. The number of fused-ring (bicyclic) bond motifs is 1. The van der Waals surface area contributed by atoms with E-state index in [0.29, 0.717) is 11.1 Å². The van der Waals surface area contributed by atoms with Crippen LogP contribution >= 0.6 is 27.7 Å². The summed E-state index contributed by atoms with van der Waals surface area (Å²) in [6.07, 6.45) is 2.49. The highest BCUT2D eigenvalue weighted by Gasteiger charge is 2.35. The molecule has 1 amide bonds. The fourth-order valence-electron chi connectivity index (χ4n) is 2.23. The van der Waals surface area contributed by atoms with E-state index in [1.807, 2.05) is 24.3 Å². The number of hydrogen-bond donors (Lipinski definition) is 1. The predicted octanol–water partition coefficient (Wildman–Crippen LogP) is 4.11. The Bertz CT molecular complexity index is 782. The molecule has 0 saturated carbocycles. The van der Waals surface area contributed by atoms with Gasteiger partial charge in [0.1, 0.15) is 5.04 Å². The van der Waals surface area contributed by atoms with E-state index in [2.05, 4.69) is 39.9 Å². The monoisotopic (exact) mass is 390 g/mol. The van der Waals surface area contributed by atoms with Crippen LogP contribution in [0.3, 0.4) is 0 Å². The van der Waals surface area contributed by atoms with Crippen molar-refractivity contribution in [1.82, 2.24) is 5.01 Å². The van der Waals surface area contributed by atoms with Crippen molar-refractivity contribution in [3.8, 4) is 0 Å². The molecule has 0 atom stereocenters. The quantitative estimate of drug-likeness (QED) is 0.789. The molecule has 1 aromatic rings. The highest BCUT2D eigenvalue weighted by molar-refractivity contribution is 9.10. The normalized spacial score (nSPS) is 19.3. The molecule has 1 aromatic carbocycles. The number of nitrogens with one attached hydrogen (secondary N) is 1. The number of amidine groups is 2. The lowest BCUT2D eigenvalue weighted by Gasteiger charge is -2.20. The van der Waals surface area contributed by atoms with Crippen molar-refractivity contribution in [2.24, 2.45) is 16.0 Å². The fraction of sp³-hybridized carbons (Fsp3) is 0.250. The third-order valence-electron chi connectivity index (χ3n) is 3.24. The molecule has 1 N–H and O–H groups in total. The number of nitrogens with zero attached hydrogens (tertiary/aromatic N) is 3. The van der Waals surface area contributed by atoms with Gasteiger partial charge in [-0.2, -0.15) is 15.1 Å². The average Bonchev–Trinajstić information content (AvgIpc) is 2.85. The number of hydrogen-bond acceptors (Lipinski definition) is 4. The van der Waals surface area contributed by atoms with Gasteiger partial charge in [-0.1, -0.05) is 41.9 Å². The van der Waals surface area contributed by atoms with Gasteiger partial charge >= 0.3 is 0 Å². The number of hydrazone groups is 1. The smallest absolute Gasteiger partial charge is 0.282 e. The summed E-state index contributed by atoms with van der Waals surface area (Å²) in [7, 11) is 0. The van der Waals surface area contributed by atoms with Gasteiger partial charge in [-0.25, -0.2) is 0 Å². The fourth-order valence-corrected chi connectivity index (χ4v) is 3.74. The summed E-state index contributed by atoms with van der Waals surface area (Å²) in [6, 6.07) is 7.56. The van der Waals surface area contributed by atoms with Crippen molar-refractivity contribution < 1.29 is 4.79 Å². The molecule has 7 heteroatoms. The predicted molar refractivity (Wildman–Crippen MR) is 98.6 cm³/mol. The molecule has 3 rings (SSSR count). The Labute approximate surface area is 147 Å². The van der Waals surface area contributed by atoms with Crippen LogP contribution in [0.15, 0.2) is 44.4 Å². The maximum absolute atomic E-state index is 12.3. The summed E-state index contributed by atoms with van der Waals surface area (Å²) in [5.41, 5.74) is 1.09. The van der Waals surface area contributed by atoms with Crippen LogP contribution in [0.2, 0.25) is 0 Å². The molecule has 2 heterocycles. The third-order valence-corrected chi connectivity index (χ3v) is 4.66. The first kappa shape index (κ1) is 16.1. The highest BCUT2D eigenvalue weighted by atomic mass is 79.9. The third kappa shape index (κ3) is 3.45. The van der Waals surface area contributed by atoms with Crippen molar-refractivity contribution >= 4 is 55.7 Å². The second-order valence-electron chi connectivity index (χ2n) is 5.67. The van der Waals surface area contributed by atoms with Gasteiger partial charge < -0.3 is 0 Å². The molecule has 0 aliphatic carbocycles. The van der Waals surface area contributed by atoms with Gasteiger partial charge in [0.2, 0.25) is 5.17 Å². The van der Waals surface area contributed by atoms with E-state index in [1.54, 1.807) is 6.08 Å². The Morgan fingerprint density at radius 3 is 2.91 bits per heavy atom. The number of thioether (sulfide) groups is 1. The minimum absolute atomic E-state index is 0.0752. The summed E-state index contributed by atoms with van der Waals surface area (Å²) in [6.45, 7) is 4.22. The standard InChI is InChI=1S/C16H15BrN4OS/c1-9(2)6-13-20-21-14(18)12(15(22)19-16(21)23-13)8-10-4-3-5-11(17)7-10/h3-5,7-9,18H,6H2,1-2H3/b12-8-,18-14?. The van der Waals surface area contributed by atoms with Crippen LogP contribution in [0.5, 0.6) is 0 Å². The first-order valence-corrected chi connectivity index (χ1v) is 8.79. The maximum atomic E-state index is 12.3. The van der Waals surface area contributed by atoms with Gasteiger partial charge in [0.15, 0.2) is 5.84 Å². The van der Waals surface area contributed by atoms with Gasteiger partial charge in [-0.3, -0.25) is 10.2 Å². The van der Waals surface area contributed by atoms with Crippen LogP contribution < -0.4 is 0 Å². The summed E-state index contributed by atoms with van der Waals surface area (Å²) in [5.74, 6) is 0.144. The Hall–Kier alpha value is -1.73. The van der Waals surface area contributed by atoms with Crippen molar-refractivity contribution in [3.63, 3.8) is 0 Å². The molecule has 0 radical (unpaired) electrons. The molecule has 2 aliphatic heterocycles. The zero-order chi connectivity index (χ0) is 16.6. The van der Waals surface area contributed by atoms with Crippen LogP contribution in [-0.4, -0.2) is 27.0 Å². The van der Waals surface area contributed by atoms with E-state index in [4.69, 9.17) is 5.41 Å². The summed E-state index contributed by atoms with van der Waals surface area (Å²) < 4.78 is 0.916. The van der Waals surface area contributed by atoms with Crippen LogP contribution in [0.1, 0.15) is 25.8 Å². The molecule has 0 unspecified atom stereocenters. The van der Waals surface area contributed by atoms with Gasteiger partial charge in [-0.05, 0) is 41.5 Å². The number of carbonyl (C=O) groups excluding carboxylic acids is 1. The molecule has 0 fully saturated rings. The molecule has 0 spiro atoms. The summed E-state index contributed by atoms with van der Waals surface area (Å²) in [4.78, 5) is 16.3. The largest absolute Gasteiger partial charge is 0.283 e. The van der Waals surface area contributed by atoms with Gasteiger partial charge in [0.25, 0.3) is 5.91 Å². The van der Waals surface area contributed by atoms with Crippen LogP contribution in [-0.2, 0) is 4.79 Å². The number of rotatable bonds is 3. The topological polar surface area (TPSA) is 68.9 Å². The SMILES string of the molecule is CC(C)CC1=NN2C(=N)/C(=C/c3cccc(Br)c3)C(=O)N=C2S1. The Morgan fingerprint density at radius 1 is 1.43 bits per heavy atom. The molecule has 0 bridgehead atoms. The van der Waals surface area contributed by atoms with E-state index < -0.39 is 5.91 Å². The van der Waals surface area contributed by atoms with E-state index in [9.17, 15) is 4.79 Å². The molecular formula is C16H15BrN4OS. The molecule has 5 nitrogen and oxygen atoms in total. The Morgan fingerprint density at radius 2 is 2.22 bits per heavy atom. The molecular weight excluding hydrogens is 376 g/mol. The van der Waals surface area contributed by atoms with Crippen LogP contribution in [0, 0.1) is 11.3 Å². The van der Waals surface area contributed by atoms with Crippen molar-refractivity contribution in [2.75, 3.05) is 0 Å². The number of benzene rings is 1. The van der Waals surface area contributed by atoms with E-state index >= 15 is 0 Å². The first-order chi connectivity index (χ1) is 10.9. The average molecular weight is 391 g/mol. The lowest BCUT2D eigenvalue weighted by atomic mass is 10.1. The lowest BCUT2D eigenvalue weighted by molar-refractivity contribution is -0.114. The molecule has 23 heavy (non-hydrogen) atoms. The highest BCUT2D eigenvalue weighted by Crippen LogP contribution is 2.30. The number of aliphatic imine (C=N–C) groups is 1. The molecule has 0 saturated heterocycles. The second kappa shape index (κ2) is 6.41. The second-order valence-corrected chi connectivity index (χ2v) is 7.62. The summed E-state index contributed by atoms with van der Waals surface area (Å²) >= 11 is 4.77. The first-order valence-electron chi connectivity index (χ1n) is 7.18.